The summed E-state index contributed by atoms with van der Waals surface area (Å²) in [6, 6.07) is 15.0. The van der Waals surface area contributed by atoms with Crippen LogP contribution in [0.2, 0.25) is 0 Å². The van der Waals surface area contributed by atoms with Crippen LogP contribution in [0.3, 0.4) is 0 Å². The number of para-hydroxylation sites is 1. The van der Waals surface area contributed by atoms with Crippen LogP contribution >= 0.6 is 0 Å². The Balaban J connectivity index is 1.40. The maximum Gasteiger partial charge on any atom is 0.412 e. The SMILES string of the molecule is O=C(CN1C(=O)c2ccccc2C1=O)NCCNC(=O)Oc1ccccc1. The highest BCUT2D eigenvalue weighted by Gasteiger charge is 2.36. The number of hydrogen-bond donors (Lipinski definition) is 2. The highest BCUT2D eigenvalue weighted by Crippen LogP contribution is 2.21. The number of fused-ring (bicyclic) bond motifs is 1. The van der Waals surface area contributed by atoms with Crippen LogP contribution in [0, 0.1) is 0 Å². The Morgan fingerprint density at radius 1 is 0.815 bits per heavy atom. The third-order valence-corrected chi connectivity index (χ3v) is 3.85. The molecule has 2 N–H and O–H groups in total. The van der Waals surface area contributed by atoms with E-state index in [2.05, 4.69) is 10.6 Å². The number of amides is 4. The van der Waals surface area contributed by atoms with Crippen LogP contribution in [0.15, 0.2) is 54.6 Å². The van der Waals surface area contributed by atoms with E-state index in [0.717, 1.165) is 4.90 Å². The predicted octanol–water partition coefficient (Wildman–Crippen LogP) is 1.19. The molecule has 3 rings (SSSR count). The fraction of sp³-hybridized carbons (Fsp3) is 0.158. The maximum absolute atomic E-state index is 12.2. The van der Waals surface area contributed by atoms with Gasteiger partial charge in [0.05, 0.1) is 11.1 Å². The van der Waals surface area contributed by atoms with E-state index >= 15 is 0 Å². The van der Waals surface area contributed by atoms with Gasteiger partial charge < -0.3 is 15.4 Å². The van der Waals surface area contributed by atoms with E-state index in [0.29, 0.717) is 16.9 Å². The molecule has 0 radical (unpaired) electrons. The molecule has 0 bridgehead atoms. The standard InChI is InChI=1S/C19H17N3O5/c23-16(12-22-17(24)14-8-4-5-9-15(14)18(22)25)20-10-11-21-19(26)27-13-6-2-1-3-7-13/h1-9H,10-12H2,(H,20,23)(H,21,26). The summed E-state index contributed by atoms with van der Waals surface area (Å²) in [6.07, 6.45) is -0.643. The number of nitrogens with zero attached hydrogens (tertiary/aromatic N) is 1. The zero-order chi connectivity index (χ0) is 19.2. The number of hydrogen-bond acceptors (Lipinski definition) is 5. The first kappa shape index (κ1) is 18.1. The zero-order valence-corrected chi connectivity index (χ0v) is 14.3. The van der Waals surface area contributed by atoms with Crippen LogP contribution in [-0.2, 0) is 4.79 Å². The van der Waals surface area contributed by atoms with Gasteiger partial charge in [-0.25, -0.2) is 4.79 Å². The summed E-state index contributed by atoms with van der Waals surface area (Å²) < 4.78 is 5.03. The summed E-state index contributed by atoms with van der Waals surface area (Å²) >= 11 is 0. The van der Waals surface area contributed by atoms with Gasteiger partial charge in [0.1, 0.15) is 12.3 Å². The monoisotopic (exact) mass is 367 g/mol. The van der Waals surface area contributed by atoms with E-state index in [1.807, 2.05) is 0 Å². The molecule has 1 aliphatic heterocycles. The van der Waals surface area contributed by atoms with Crippen molar-refractivity contribution in [2.75, 3.05) is 19.6 Å². The van der Waals surface area contributed by atoms with Crippen molar-refractivity contribution < 1.29 is 23.9 Å². The largest absolute Gasteiger partial charge is 0.412 e. The van der Waals surface area contributed by atoms with Crippen molar-refractivity contribution in [1.29, 1.82) is 0 Å². The molecule has 0 aromatic heterocycles. The maximum atomic E-state index is 12.2. The Kier molecular flexibility index (Phi) is 5.46. The van der Waals surface area contributed by atoms with Crippen molar-refractivity contribution in [3.05, 3.63) is 65.7 Å². The van der Waals surface area contributed by atoms with Gasteiger partial charge in [0.25, 0.3) is 11.8 Å². The minimum atomic E-state index is -0.643. The van der Waals surface area contributed by atoms with Gasteiger partial charge in [0.15, 0.2) is 0 Å². The van der Waals surface area contributed by atoms with Gasteiger partial charge in [-0.2, -0.15) is 0 Å². The molecule has 0 atom stereocenters. The van der Waals surface area contributed by atoms with Gasteiger partial charge in [-0.05, 0) is 24.3 Å². The second kappa shape index (κ2) is 8.13. The summed E-state index contributed by atoms with van der Waals surface area (Å²) in [6.45, 7) is -0.105. The zero-order valence-electron chi connectivity index (χ0n) is 14.3. The molecule has 2 aromatic rings. The summed E-state index contributed by atoms with van der Waals surface area (Å²) in [4.78, 5) is 48.9. The lowest BCUT2D eigenvalue weighted by atomic mass is 10.1. The van der Waals surface area contributed by atoms with Crippen molar-refractivity contribution >= 4 is 23.8 Å². The van der Waals surface area contributed by atoms with Gasteiger partial charge in [-0.1, -0.05) is 30.3 Å². The van der Waals surface area contributed by atoms with Crippen LogP contribution in [0.5, 0.6) is 5.75 Å². The van der Waals surface area contributed by atoms with Crippen molar-refractivity contribution in [1.82, 2.24) is 15.5 Å². The first-order valence-corrected chi connectivity index (χ1v) is 8.29. The molecule has 1 heterocycles. The molecule has 1 aliphatic rings. The van der Waals surface area contributed by atoms with Crippen LogP contribution in [-0.4, -0.2) is 48.3 Å². The number of ether oxygens (including phenoxy) is 1. The lowest BCUT2D eigenvalue weighted by Crippen LogP contribution is -2.42. The lowest BCUT2D eigenvalue weighted by Gasteiger charge is -2.13. The smallest absolute Gasteiger partial charge is 0.410 e. The Bertz CT molecular complexity index is 847. The third kappa shape index (κ3) is 4.30. The summed E-state index contributed by atoms with van der Waals surface area (Å²) in [7, 11) is 0. The Morgan fingerprint density at radius 2 is 1.37 bits per heavy atom. The number of nitrogens with one attached hydrogen (secondary N) is 2. The number of benzene rings is 2. The molecule has 0 spiro atoms. The highest BCUT2D eigenvalue weighted by atomic mass is 16.6. The molecule has 8 heteroatoms. The van der Waals surface area contributed by atoms with E-state index in [-0.39, 0.29) is 19.6 Å². The summed E-state index contributed by atoms with van der Waals surface area (Å²) in [5, 5.41) is 5.03. The van der Waals surface area contributed by atoms with E-state index in [1.165, 1.54) is 0 Å². The molecule has 0 saturated heterocycles. The minimum Gasteiger partial charge on any atom is -0.410 e. The molecule has 138 valence electrons. The number of carbonyl (C=O) groups excluding carboxylic acids is 4. The molecule has 4 amide bonds. The molecule has 0 saturated carbocycles. The molecular formula is C19H17N3O5. The Morgan fingerprint density at radius 3 is 2.00 bits per heavy atom. The molecule has 0 aliphatic carbocycles. The van der Waals surface area contributed by atoms with Crippen molar-refractivity contribution in [3.63, 3.8) is 0 Å². The first-order chi connectivity index (χ1) is 13.1. The summed E-state index contributed by atoms with van der Waals surface area (Å²) in [5.74, 6) is -1.07. The quantitative estimate of drug-likeness (QED) is 0.589. The third-order valence-electron chi connectivity index (χ3n) is 3.85. The Hall–Kier alpha value is -3.68. The number of imide groups is 1. The Labute approximate surface area is 155 Å². The lowest BCUT2D eigenvalue weighted by molar-refractivity contribution is -0.121. The van der Waals surface area contributed by atoms with Crippen LogP contribution in [0.4, 0.5) is 4.79 Å². The van der Waals surface area contributed by atoms with Crippen molar-refractivity contribution in [2.45, 2.75) is 0 Å². The molecule has 27 heavy (non-hydrogen) atoms. The highest BCUT2D eigenvalue weighted by molar-refractivity contribution is 6.22. The fourth-order valence-corrected chi connectivity index (χ4v) is 2.58. The number of rotatable bonds is 6. The van der Waals surface area contributed by atoms with Gasteiger partial charge >= 0.3 is 6.09 Å². The van der Waals surface area contributed by atoms with Crippen molar-refractivity contribution in [3.8, 4) is 5.75 Å². The number of carbonyl (C=O) groups is 4. The topological polar surface area (TPSA) is 105 Å². The fourth-order valence-electron chi connectivity index (χ4n) is 2.58. The average Bonchev–Trinajstić information content (AvgIpc) is 2.91. The molecule has 2 aromatic carbocycles. The van der Waals surface area contributed by atoms with Gasteiger partial charge in [0, 0.05) is 13.1 Å². The molecule has 8 nitrogen and oxygen atoms in total. The van der Waals surface area contributed by atoms with Gasteiger partial charge in [-0.15, -0.1) is 0 Å². The molecule has 0 unspecified atom stereocenters. The van der Waals surface area contributed by atoms with E-state index < -0.39 is 23.8 Å². The molecular weight excluding hydrogens is 350 g/mol. The normalized spacial score (nSPS) is 12.5. The van der Waals surface area contributed by atoms with E-state index in [4.69, 9.17) is 4.74 Å². The second-order valence-corrected chi connectivity index (χ2v) is 5.72. The van der Waals surface area contributed by atoms with E-state index in [9.17, 15) is 19.2 Å². The van der Waals surface area contributed by atoms with Crippen molar-refractivity contribution in [2.24, 2.45) is 0 Å². The minimum absolute atomic E-state index is 0.131. The predicted molar refractivity (Wildman–Crippen MR) is 95.3 cm³/mol. The van der Waals surface area contributed by atoms with Crippen LogP contribution in [0.1, 0.15) is 20.7 Å². The summed E-state index contributed by atoms with van der Waals surface area (Å²) in [5.41, 5.74) is 0.584. The second-order valence-electron chi connectivity index (χ2n) is 5.72. The van der Waals surface area contributed by atoms with E-state index in [1.54, 1.807) is 54.6 Å². The molecule has 0 fully saturated rings. The van der Waals surface area contributed by atoms with Crippen LogP contribution in [0.25, 0.3) is 0 Å². The van der Waals surface area contributed by atoms with Gasteiger partial charge in [0.2, 0.25) is 5.91 Å². The average molecular weight is 367 g/mol. The first-order valence-electron chi connectivity index (χ1n) is 8.29. The van der Waals surface area contributed by atoms with Gasteiger partial charge in [-0.3, -0.25) is 19.3 Å². The van der Waals surface area contributed by atoms with Crippen LogP contribution < -0.4 is 15.4 Å².